The van der Waals surface area contributed by atoms with Gasteiger partial charge in [-0.25, -0.2) is 17.2 Å². The van der Waals surface area contributed by atoms with Crippen LogP contribution in [0.4, 0.5) is 8.78 Å². The van der Waals surface area contributed by atoms with Gasteiger partial charge in [0.2, 0.25) is 15.9 Å². The summed E-state index contributed by atoms with van der Waals surface area (Å²) in [6.45, 7) is 0.813. The summed E-state index contributed by atoms with van der Waals surface area (Å²) in [7, 11) is -2.38. The van der Waals surface area contributed by atoms with Gasteiger partial charge in [-0.3, -0.25) is 4.79 Å². The molecular formula is C13H17F2N3O3S. The minimum atomic E-state index is -4.03. The lowest BCUT2D eigenvalue weighted by atomic mass is 10.3. The molecule has 2 rings (SSSR count). The van der Waals surface area contributed by atoms with E-state index in [-0.39, 0.29) is 38.6 Å². The maximum absolute atomic E-state index is 13.7. The van der Waals surface area contributed by atoms with Crippen molar-refractivity contribution in [1.29, 1.82) is 0 Å². The molecule has 1 N–H and O–H groups in total. The highest BCUT2D eigenvalue weighted by molar-refractivity contribution is 7.89. The van der Waals surface area contributed by atoms with E-state index in [2.05, 4.69) is 5.32 Å². The number of nitrogens with zero attached hydrogens (tertiary/aromatic N) is 2. The molecule has 122 valence electrons. The molecule has 1 aromatic carbocycles. The highest BCUT2D eigenvalue weighted by atomic mass is 32.2. The monoisotopic (exact) mass is 333 g/mol. The average molecular weight is 333 g/mol. The summed E-state index contributed by atoms with van der Waals surface area (Å²) in [6.07, 6.45) is 0. The fourth-order valence-corrected chi connectivity index (χ4v) is 3.73. The summed E-state index contributed by atoms with van der Waals surface area (Å²) in [5.41, 5.74) is 0. The summed E-state index contributed by atoms with van der Waals surface area (Å²) in [4.78, 5) is 12.7. The number of likely N-dealkylation sites (N-methyl/N-ethyl adjacent to an activating group) is 1. The Hall–Kier alpha value is -1.58. The predicted octanol–water partition coefficient (Wildman–Crippen LogP) is 0.0171. The number of carbonyl (C=O) groups excluding carboxylic acids is 1. The molecule has 0 aromatic heterocycles. The van der Waals surface area contributed by atoms with Crippen LogP contribution in [0, 0.1) is 11.6 Å². The first-order valence-electron chi connectivity index (χ1n) is 6.74. The van der Waals surface area contributed by atoms with Crippen LogP contribution < -0.4 is 5.32 Å². The lowest BCUT2D eigenvalue weighted by Crippen LogP contribution is -2.52. The Morgan fingerprint density at radius 3 is 2.41 bits per heavy atom. The van der Waals surface area contributed by atoms with E-state index in [0.29, 0.717) is 6.07 Å². The van der Waals surface area contributed by atoms with Crippen LogP contribution in [0.1, 0.15) is 0 Å². The second-order valence-corrected chi connectivity index (χ2v) is 6.80. The van der Waals surface area contributed by atoms with Crippen molar-refractivity contribution in [2.75, 3.05) is 39.8 Å². The number of hydrogen-bond donors (Lipinski definition) is 1. The molecule has 1 amide bonds. The topological polar surface area (TPSA) is 69.7 Å². The molecule has 0 saturated carbocycles. The summed E-state index contributed by atoms with van der Waals surface area (Å²) < 4.78 is 52.4. The number of piperazine rings is 1. The van der Waals surface area contributed by atoms with Gasteiger partial charge >= 0.3 is 0 Å². The van der Waals surface area contributed by atoms with Crippen molar-refractivity contribution in [3.8, 4) is 0 Å². The fourth-order valence-electron chi connectivity index (χ4n) is 2.26. The molecular weight excluding hydrogens is 316 g/mol. The number of carbonyl (C=O) groups is 1. The van der Waals surface area contributed by atoms with Crippen molar-refractivity contribution < 1.29 is 22.0 Å². The van der Waals surface area contributed by atoms with Gasteiger partial charge in [0.15, 0.2) is 0 Å². The van der Waals surface area contributed by atoms with Crippen LogP contribution in [0.15, 0.2) is 23.1 Å². The maximum Gasteiger partial charge on any atom is 0.246 e. The summed E-state index contributed by atoms with van der Waals surface area (Å²) in [5.74, 6) is -2.07. The SMILES string of the molecule is CNCC(=O)N1CCN(S(=O)(=O)c2ccc(F)cc2F)CC1. The van der Waals surface area contributed by atoms with Crippen molar-refractivity contribution in [1.82, 2.24) is 14.5 Å². The van der Waals surface area contributed by atoms with E-state index in [4.69, 9.17) is 0 Å². The Bertz CT molecular complexity index is 658. The molecule has 1 aliphatic heterocycles. The van der Waals surface area contributed by atoms with Gasteiger partial charge in [-0.2, -0.15) is 4.31 Å². The van der Waals surface area contributed by atoms with Crippen LogP contribution in [0.5, 0.6) is 0 Å². The first-order chi connectivity index (χ1) is 10.4. The molecule has 1 aliphatic rings. The Labute approximate surface area is 127 Å². The Morgan fingerprint density at radius 2 is 1.86 bits per heavy atom. The lowest BCUT2D eigenvalue weighted by Gasteiger charge is -2.34. The molecule has 1 saturated heterocycles. The molecule has 0 bridgehead atoms. The molecule has 0 spiro atoms. The van der Waals surface area contributed by atoms with E-state index in [1.807, 2.05) is 0 Å². The second-order valence-electron chi connectivity index (χ2n) is 4.89. The number of benzene rings is 1. The third-order valence-electron chi connectivity index (χ3n) is 3.43. The van der Waals surface area contributed by atoms with Gasteiger partial charge in [-0.1, -0.05) is 0 Å². The Kier molecular flexibility index (Phi) is 5.09. The Balaban J connectivity index is 2.11. The highest BCUT2D eigenvalue weighted by Gasteiger charge is 2.31. The normalized spacial score (nSPS) is 16.8. The molecule has 1 heterocycles. The summed E-state index contributed by atoms with van der Waals surface area (Å²) >= 11 is 0. The molecule has 9 heteroatoms. The highest BCUT2D eigenvalue weighted by Crippen LogP contribution is 2.21. The zero-order valence-electron chi connectivity index (χ0n) is 12.1. The van der Waals surface area contributed by atoms with Crippen LogP contribution in [0.2, 0.25) is 0 Å². The van der Waals surface area contributed by atoms with E-state index >= 15 is 0 Å². The van der Waals surface area contributed by atoms with Crippen molar-refractivity contribution in [3.05, 3.63) is 29.8 Å². The van der Waals surface area contributed by atoms with Crippen molar-refractivity contribution in [2.24, 2.45) is 0 Å². The molecule has 6 nitrogen and oxygen atoms in total. The number of nitrogens with one attached hydrogen (secondary N) is 1. The number of halogens is 2. The lowest BCUT2D eigenvalue weighted by molar-refractivity contribution is -0.131. The van der Waals surface area contributed by atoms with Crippen LogP contribution in [-0.2, 0) is 14.8 Å². The van der Waals surface area contributed by atoms with Gasteiger partial charge < -0.3 is 10.2 Å². The zero-order chi connectivity index (χ0) is 16.3. The zero-order valence-corrected chi connectivity index (χ0v) is 12.9. The minimum Gasteiger partial charge on any atom is -0.339 e. The quantitative estimate of drug-likeness (QED) is 0.843. The predicted molar refractivity (Wildman–Crippen MR) is 75.6 cm³/mol. The van der Waals surface area contributed by atoms with Gasteiger partial charge in [-0.15, -0.1) is 0 Å². The largest absolute Gasteiger partial charge is 0.339 e. The van der Waals surface area contributed by atoms with Gasteiger partial charge in [0, 0.05) is 32.2 Å². The van der Waals surface area contributed by atoms with Crippen molar-refractivity contribution in [3.63, 3.8) is 0 Å². The van der Waals surface area contributed by atoms with Gasteiger partial charge in [0.1, 0.15) is 16.5 Å². The number of amides is 1. The summed E-state index contributed by atoms with van der Waals surface area (Å²) in [6, 6.07) is 2.36. The maximum atomic E-state index is 13.7. The number of rotatable bonds is 4. The van der Waals surface area contributed by atoms with Gasteiger partial charge in [0.05, 0.1) is 6.54 Å². The number of sulfonamides is 1. The first-order valence-corrected chi connectivity index (χ1v) is 8.18. The Morgan fingerprint density at radius 1 is 1.23 bits per heavy atom. The van der Waals surface area contributed by atoms with Gasteiger partial charge in [-0.05, 0) is 19.2 Å². The molecule has 22 heavy (non-hydrogen) atoms. The smallest absolute Gasteiger partial charge is 0.246 e. The standard InChI is InChI=1S/C13H17F2N3O3S/c1-16-9-13(19)17-4-6-18(7-5-17)22(20,21)12-3-2-10(14)8-11(12)15/h2-3,8,16H,4-7,9H2,1H3. The van der Waals surface area contributed by atoms with Crippen molar-refractivity contribution >= 4 is 15.9 Å². The minimum absolute atomic E-state index is 0.0780. The third kappa shape index (κ3) is 3.42. The van der Waals surface area contributed by atoms with E-state index in [1.165, 1.54) is 0 Å². The first kappa shape index (κ1) is 16.8. The molecule has 0 atom stereocenters. The number of hydrogen-bond acceptors (Lipinski definition) is 4. The van der Waals surface area contributed by atoms with Crippen LogP contribution in [-0.4, -0.2) is 63.3 Å². The van der Waals surface area contributed by atoms with E-state index in [1.54, 1.807) is 11.9 Å². The molecule has 0 radical (unpaired) electrons. The van der Waals surface area contributed by atoms with Crippen LogP contribution in [0.25, 0.3) is 0 Å². The molecule has 0 aliphatic carbocycles. The molecule has 0 unspecified atom stereocenters. The fraction of sp³-hybridized carbons (Fsp3) is 0.462. The third-order valence-corrected chi connectivity index (χ3v) is 5.36. The van der Waals surface area contributed by atoms with Crippen molar-refractivity contribution in [2.45, 2.75) is 4.90 Å². The van der Waals surface area contributed by atoms with E-state index < -0.39 is 26.6 Å². The van der Waals surface area contributed by atoms with E-state index in [9.17, 15) is 22.0 Å². The van der Waals surface area contributed by atoms with Crippen LogP contribution >= 0.6 is 0 Å². The summed E-state index contributed by atoms with van der Waals surface area (Å²) in [5, 5.41) is 2.74. The second kappa shape index (κ2) is 6.67. The van der Waals surface area contributed by atoms with Gasteiger partial charge in [0.25, 0.3) is 0 Å². The average Bonchev–Trinajstić information content (AvgIpc) is 2.47. The molecule has 1 aromatic rings. The van der Waals surface area contributed by atoms with Crippen LogP contribution in [0.3, 0.4) is 0 Å². The molecule has 1 fully saturated rings. The van der Waals surface area contributed by atoms with E-state index in [0.717, 1.165) is 16.4 Å².